The summed E-state index contributed by atoms with van der Waals surface area (Å²) in [5.41, 5.74) is -3.54. The minimum absolute atomic E-state index is 0.172. The first kappa shape index (κ1) is 65.7. The maximum atomic E-state index is 14.6. The van der Waals surface area contributed by atoms with Gasteiger partial charge in [-0.1, -0.05) is 39.0 Å². The first-order valence-corrected chi connectivity index (χ1v) is 29.1. The molecule has 0 bridgehead atoms. The van der Waals surface area contributed by atoms with Crippen LogP contribution in [0, 0.1) is 17.8 Å². The number of nitrogens with zero attached hydrogens (tertiary/aromatic N) is 3. The number of hydrogen-bond acceptors (Lipinski definition) is 18. The Bertz CT molecular complexity index is 2410. The number of carbonyl (C=O) groups is 2. The maximum Gasteiger partial charge on any atom is 0.341 e. The Kier molecular flexibility index (Phi) is 23.3. The Hall–Kier alpha value is -3.45. The Morgan fingerprint density at radius 3 is 2.23 bits per heavy atom. The van der Waals surface area contributed by atoms with Crippen molar-refractivity contribution in [3.63, 3.8) is 0 Å². The van der Waals surface area contributed by atoms with Crippen LogP contribution in [0.3, 0.4) is 0 Å². The van der Waals surface area contributed by atoms with Gasteiger partial charge in [-0.25, -0.2) is 4.79 Å². The topological polar surface area (TPSA) is 247 Å². The zero-order valence-corrected chi connectivity index (χ0v) is 50.1. The number of pyridine rings is 1. The molecule has 3 aliphatic heterocycles. The Labute approximate surface area is 473 Å². The predicted molar refractivity (Wildman–Crippen MR) is 301 cm³/mol. The van der Waals surface area contributed by atoms with Crippen molar-refractivity contribution in [1.82, 2.24) is 14.4 Å². The third kappa shape index (κ3) is 16.0. The van der Waals surface area contributed by atoms with Crippen molar-refractivity contribution in [3.05, 3.63) is 51.8 Å². The van der Waals surface area contributed by atoms with E-state index in [1.807, 2.05) is 94.4 Å². The predicted octanol–water partition coefficient (Wildman–Crippen LogP) is 5.80. The van der Waals surface area contributed by atoms with Gasteiger partial charge in [-0.3, -0.25) is 9.59 Å². The molecule has 0 spiro atoms. The van der Waals surface area contributed by atoms with E-state index in [2.05, 4.69) is 0 Å². The van der Waals surface area contributed by atoms with Crippen LogP contribution in [-0.4, -0.2) is 210 Å². The maximum absolute atomic E-state index is 14.6. The molecule has 6 rings (SSSR count). The van der Waals surface area contributed by atoms with Crippen molar-refractivity contribution in [3.8, 4) is 0 Å². The van der Waals surface area contributed by atoms with Crippen LogP contribution >= 0.6 is 0 Å². The average Bonchev–Trinajstić information content (AvgIpc) is 4.30. The molecule has 1 aromatic heterocycles. The van der Waals surface area contributed by atoms with E-state index in [0.717, 1.165) is 23.9 Å². The van der Waals surface area contributed by atoms with E-state index in [1.165, 1.54) is 13.1 Å². The molecule has 1 aliphatic carbocycles. The number of benzene rings is 1. The Morgan fingerprint density at radius 1 is 0.912 bits per heavy atom. The number of carboxylic acids is 1. The smallest absolute Gasteiger partial charge is 0.341 e. The number of hydrogen-bond donors (Lipinski definition) is 5. The molecule has 0 radical (unpaired) electrons. The number of fused-ring (bicyclic) bond motifs is 1. The van der Waals surface area contributed by atoms with Gasteiger partial charge in [0.15, 0.2) is 12.6 Å². The molecule has 2 aromatic rings. The van der Waals surface area contributed by atoms with Crippen molar-refractivity contribution in [2.24, 2.45) is 17.8 Å². The minimum atomic E-state index is -1.83. The molecule has 18 atom stereocenters. The van der Waals surface area contributed by atoms with Gasteiger partial charge in [0, 0.05) is 82.1 Å². The average molecular weight is 1130 g/mol. The highest BCUT2D eigenvalue weighted by Crippen LogP contribution is 2.41. The van der Waals surface area contributed by atoms with Crippen LogP contribution in [0.4, 0.5) is 0 Å². The molecule has 0 amide bonds. The van der Waals surface area contributed by atoms with Gasteiger partial charge in [-0.05, 0) is 138 Å². The summed E-state index contributed by atoms with van der Waals surface area (Å²) in [5, 5.41) is 58.2. The van der Waals surface area contributed by atoms with Crippen LogP contribution in [-0.2, 0) is 47.4 Å². The van der Waals surface area contributed by atoms with E-state index in [-0.39, 0.29) is 48.9 Å². The third-order valence-corrected chi connectivity index (χ3v) is 17.2. The van der Waals surface area contributed by atoms with Gasteiger partial charge >= 0.3 is 11.9 Å². The quantitative estimate of drug-likeness (QED) is 0.0732. The number of aromatic carboxylic acids is 1. The summed E-state index contributed by atoms with van der Waals surface area (Å²) >= 11 is 0. The number of aliphatic hydroxyl groups excluding tert-OH is 2. The number of carbonyl (C=O) groups excluding carboxylic acids is 1. The first-order chi connectivity index (χ1) is 37.6. The summed E-state index contributed by atoms with van der Waals surface area (Å²) in [5.74, 6) is -3.91. The highest BCUT2D eigenvalue weighted by Gasteiger charge is 2.53. The number of rotatable bonds is 21. The summed E-state index contributed by atoms with van der Waals surface area (Å²) in [6.45, 7) is 20.6. The van der Waals surface area contributed by atoms with Crippen LogP contribution in [0.2, 0.25) is 0 Å². The van der Waals surface area contributed by atoms with Gasteiger partial charge in [-0.2, -0.15) is 0 Å². The largest absolute Gasteiger partial charge is 0.477 e. The molecule has 20 nitrogen and oxygen atoms in total. The molecule has 4 aliphatic rings. The van der Waals surface area contributed by atoms with Crippen LogP contribution in [0.25, 0.3) is 17.0 Å². The second kappa shape index (κ2) is 28.4. The van der Waals surface area contributed by atoms with Crippen LogP contribution in [0.15, 0.2) is 35.3 Å². The monoisotopic (exact) mass is 1130 g/mol. The molecule has 3 saturated heterocycles. The van der Waals surface area contributed by atoms with Crippen molar-refractivity contribution in [2.45, 2.75) is 217 Å². The molecular weight excluding hydrogens is 1030 g/mol. The fraction of sp³-hybridized carbons (Fsp3) is 0.783. The zero-order chi connectivity index (χ0) is 59.0. The lowest BCUT2D eigenvalue weighted by Crippen LogP contribution is -2.61. The summed E-state index contributed by atoms with van der Waals surface area (Å²) in [4.78, 5) is 43.2. The lowest BCUT2D eigenvalue weighted by Gasteiger charge is -2.49. The number of aromatic nitrogens is 1. The SMILES string of the molecule is CC[C@H]1OC(=O)[C@H](C)[C@@H](O[C@H]2C[C@@](C)(OC)[C@@H](OCCCOCCCOC/C=C/c3ccc4c(c3)c(=O)c(C(=O)O)cn4C3CC3)[C@H](C)O2)[C@H](C)[C@@H](O[C@@H]2O[C@H](C)C[C@H](N(C)C)[C@H]2O)[C@](C)(O)C[C@@H](C)CN(C)[C@H](C)[C@@H](O)[C@]1(C)O. The minimum Gasteiger partial charge on any atom is -0.477 e. The number of aliphatic hydroxyl groups is 4. The van der Waals surface area contributed by atoms with E-state index in [1.54, 1.807) is 40.9 Å². The van der Waals surface area contributed by atoms with Gasteiger partial charge in [0.2, 0.25) is 5.43 Å². The molecule has 5 N–H and O–H groups in total. The summed E-state index contributed by atoms with van der Waals surface area (Å²) < 4.78 is 59.2. The van der Waals surface area contributed by atoms with Gasteiger partial charge in [0.05, 0.1) is 53.7 Å². The van der Waals surface area contributed by atoms with Crippen LogP contribution < -0.4 is 5.43 Å². The van der Waals surface area contributed by atoms with Crippen molar-refractivity contribution in [1.29, 1.82) is 0 Å². The molecule has 4 heterocycles. The number of methoxy groups -OCH3 is 1. The van der Waals surface area contributed by atoms with Crippen LogP contribution in [0.1, 0.15) is 143 Å². The highest BCUT2D eigenvalue weighted by atomic mass is 16.7. The number of cyclic esters (lactones) is 1. The lowest BCUT2D eigenvalue weighted by atomic mass is 9.77. The number of carboxylic acid groups (broad SMARTS) is 1. The van der Waals surface area contributed by atoms with E-state index in [0.29, 0.717) is 64.2 Å². The van der Waals surface area contributed by atoms with E-state index >= 15 is 0 Å². The van der Waals surface area contributed by atoms with Crippen molar-refractivity contribution >= 4 is 28.9 Å². The highest BCUT2D eigenvalue weighted by molar-refractivity contribution is 5.93. The molecule has 20 heteroatoms. The molecule has 0 unspecified atom stereocenters. The molecule has 1 aromatic carbocycles. The summed E-state index contributed by atoms with van der Waals surface area (Å²) in [6.07, 6.45) is 0.508. The molecule has 4 fully saturated rings. The van der Waals surface area contributed by atoms with E-state index in [4.69, 9.17) is 42.6 Å². The zero-order valence-electron chi connectivity index (χ0n) is 50.1. The van der Waals surface area contributed by atoms with Crippen LogP contribution in [0.5, 0.6) is 0 Å². The number of esters is 1. The lowest BCUT2D eigenvalue weighted by molar-refractivity contribution is -0.321. The fourth-order valence-corrected chi connectivity index (χ4v) is 12.4. The normalized spacial score (nSPS) is 37.4. The second-order valence-electron chi connectivity index (χ2n) is 24.4. The standard InChI is InChI=1S/C60H97N3O17/c1-15-47-60(10,71)52(66)39(6)62(13)33-35(2)31-58(8,70)53(80-57-50(65)46(61(11)12)29-36(3)76-57)37(4)51(38(5)56(69)78-47)79-48-32-59(9,72-14)54(40(7)77-48)75-28-18-27-74-26-17-25-73-24-16-19-41-20-23-45-43(30-41)49(64)44(55(67)68)34-63(45)42-21-22-42/h16,19-20,23,30,34-40,42,46-48,50-54,57,65-66,70-71H,15,17-18,21-22,24-29,31-33H2,1-14H3,(H,67,68)/b19-16+/t35-,36-,37+,38-,39-,40+,46+,47-,48+,50-,51+,52-,53-,54+,57+,58-,59-,60-/m1/s1. The molecular formula is C60H97N3O17. The summed E-state index contributed by atoms with van der Waals surface area (Å²) in [6, 6.07) is 4.87. The first-order valence-electron chi connectivity index (χ1n) is 29.1. The van der Waals surface area contributed by atoms with E-state index in [9.17, 15) is 39.9 Å². The summed E-state index contributed by atoms with van der Waals surface area (Å²) in [7, 11) is 7.23. The van der Waals surface area contributed by atoms with Gasteiger partial charge in [-0.15, -0.1) is 0 Å². The Balaban J connectivity index is 1.08. The second-order valence-corrected chi connectivity index (χ2v) is 24.4. The van der Waals surface area contributed by atoms with Gasteiger partial charge in [0.25, 0.3) is 0 Å². The van der Waals surface area contributed by atoms with Crippen molar-refractivity contribution in [2.75, 3.05) is 67.8 Å². The molecule has 1 saturated carbocycles. The number of ether oxygens (including phenoxy) is 9. The molecule has 80 heavy (non-hydrogen) atoms. The van der Waals surface area contributed by atoms with E-state index < -0.39 is 107 Å². The number of likely N-dealkylation sites (N-methyl/N-ethyl adjacent to an activating group) is 2. The third-order valence-electron chi connectivity index (χ3n) is 17.2. The Morgan fingerprint density at radius 2 is 1.59 bits per heavy atom. The van der Waals surface area contributed by atoms with Crippen molar-refractivity contribution < 1.29 is 77.8 Å². The van der Waals surface area contributed by atoms with Gasteiger partial charge < -0.3 is 82.5 Å². The fourth-order valence-electron chi connectivity index (χ4n) is 12.4. The van der Waals surface area contributed by atoms with Gasteiger partial charge in [0.1, 0.15) is 35.6 Å². The molecule has 454 valence electrons.